The maximum Gasteiger partial charge on any atom is 0.434 e. The fourth-order valence-electron chi connectivity index (χ4n) is 3.99. The number of rotatable bonds is 8. The van der Waals surface area contributed by atoms with Gasteiger partial charge in [0.05, 0.1) is 29.4 Å². The van der Waals surface area contributed by atoms with Gasteiger partial charge in [-0.3, -0.25) is 9.36 Å². The van der Waals surface area contributed by atoms with Gasteiger partial charge >= 0.3 is 18.1 Å². The molecule has 2 heterocycles. The van der Waals surface area contributed by atoms with E-state index in [-0.39, 0.29) is 34.7 Å². The normalized spacial score (nSPS) is 15.3. The molecule has 1 aromatic heterocycles. The second-order valence-corrected chi connectivity index (χ2v) is 9.73. The number of carbonyl (C=O) groups is 2. The van der Waals surface area contributed by atoms with Crippen LogP contribution in [0.3, 0.4) is 0 Å². The molecular formula is C27H22ClF3N2O6S. The summed E-state index contributed by atoms with van der Waals surface area (Å²) >= 11 is 6.72. The third kappa shape index (κ3) is 6.28. The number of benzene rings is 2. The Morgan fingerprint density at radius 1 is 1.10 bits per heavy atom. The second kappa shape index (κ2) is 12.1. The van der Waals surface area contributed by atoms with Crippen LogP contribution in [0.15, 0.2) is 69.6 Å². The van der Waals surface area contributed by atoms with Gasteiger partial charge in [-0.2, -0.15) is 13.2 Å². The Kier molecular flexibility index (Phi) is 8.79. The first-order valence-corrected chi connectivity index (χ1v) is 13.2. The highest BCUT2D eigenvalue weighted by molar-refractivity contribution is 7.07. The predicted octanol–water partition coefficient (Wildman–Crippen LogP) is 3.94. The molecule has 1 aliphatic heterocycles. The van der Waals surface area contributed by atoms with Gasteiger partial charge in [-0.05, 0) is 55.3 Å². The predicted molar refractivity (Wildman–Crippen MR) is 141 cm³/mol. The summed E-state index contributed by atoms with van der Waals surface area (Å²) in [5, 5.41) is 0.318. The Hall–Kier alpha value is -3.90. The zero-order valence-electron chi connectivity index (χ0n) is 21.2. The van der Waals surface area contributed by atoms with E-state index >= 15 is 0 Å². The number of aromatic nitrogens is 1. The standard InChI is InChI=1S/C27H22ClF3N2O6S/c1-3-37-20(34)14-39-18-7-5-6-15(12-18)13-19-24(35)33-22(16-8-10-17(28)11-9-16)21(25(36)38-4-2)23(27(29,30)31)32-26(33)40-19/h5-13,22H,3-4,14H2,1-2H3/b19-13-/t22-/m1/s1. The lowest BCUT2D eigenvalue weighted by molar-refractivity contribution is -0.145. The van der Waals surface area contributed by atoms with Gasteiger partial charge in [0.2, 0.25) is 0 Å². The van der Waals surface area contributed by atoms with Crippen LogP contribution in [0.4, 0.5) is 13.2 Å². The van der Waals surface area contributed by atoms with Crippen LogP contribution < -0.4 is 19.6 Å². The summed E-state index contributed by atoms with van der Waals surface area (Å²) in [6.07, 6.45) is -3.55. The second-order valence-electron chi connectivity index (χ2n) is 8.28. The molecule has 0 unspecified atom stereocenters. The minimum absolute atomic E-state index is 0.0619. The van der Waals surface area contributed by atoms with Crippen molar-refractivity contribution in [3.63, 3.8) is 0 Å². The van der Waals surface area contributed by atoms with Gasteiger partial charge in [0.1, 0.15) is 5.75 Å². The Morgan fingerprint density at radius 3 is 2.45 bits per heavy atom. The van der Waals surface area contributed by atoms with Crippen molar-refractivity contribution < 1.29 is 37.0 Å². The molecule has 0 bridgehead atoms. The van der Waals surface area contributed by atoms with Crippen LogP contribution in [0.1, 0.15) is 31.0 Å². The van der Waals surface area contributed by atoms with Crippen LogP contribution in [0, 0.1) is 0 Å². The Morgan fingerprint density at radius 2 is 1.80 bits per heavy atom. The summed E-state index contributed by atoms with van der Waals surface area (Å²) in [6.45, 7) is 2.83. The molecule has 0 saturated carbocycles. The van der Waals surface area contributed by atoms with Gasteiger partial charge in [-0.25, -0.2) is 14.6 Å². The average molecular weight is 595 g/mol. The largest absolute Gasteiger partial charge is 0.482 e. The Bertz CT molecular complexity index is 1640. The van der Waals surface area contributed by atoms with E-state index in [0.717, 1.165) is 15.9 Å². The summed E-state index contributed by atoms with van der Waals surface area (Å²) < 4.78 is 58.9. The first kappa shape index (κ1) is 29.1. The summed E-state index contributed by atoms with van der Waals surface area (Å²) in [5.74, 6) is -1.47. The molecule has 1 aliphatic rings. The first-order valence-electron chi connectivity index (χ1n) is 12.0. The van der Waals surface area contributed by atoms with E-state index in [1.165, 1.54) is 37.3 Å². The van der Waals surface area contributed by atoms with Gasteiger partial charge < -0.3 is 14.2 Å². The molecule has 8 nitrogen and oxygen atoms in total. The van der Waals surface area contributed by atoms with Crippen LogP contribution in [0.25, 0.3) is 6.08 Å². The average Bonchev–Trinajstić information content (AvgIpc) is 3.21. The molecule has 0 N–H and O–H groups in total. The molecule has 0 spiro atoms. The highest BCUT2D eigenvalue weighted by Gasteiger charge is 2.45. The molecule has 0 saturated heterocycles. The zero-order chi connectivity index (χ0) is 29.0. The number of ether oxygens (including phenoxy) is 3. The molecule has 0 aliphatic carbocycles. The van der Waals surface area contributed by atoms with Crippen molar-refractivity contribution in [2.75, 3.05) is 19.8 Å². The van der Waals surface area contributed by atoms with E-state index in [1.54, 1.807) is 31.2 Å². The molecule has 4 rings (SSSR count). The molecular weight excluding hydrogens is 573 g/mol. The maximum absolute atomic E-state index is 14.2. The van der Waals surface area contributed by atoms with Crippen LogP contribution in [-0.4, -0.2) is 42.5 Å². The van der Waals surface area contributed by atoms with Crippen molar-refractivity contribution in [2.45, 2.75) is 26.1 Å². The number of fused-ring (bicyclic) bond motifs is 1. The molecule has 0 amide bonds. The molecule has 0 fully saturated rings. The number of allylic oxidation sites excluding steroid dienone is 1. The molecule has 2 aromatic carbocycles. The van der Waals surface area contributed by atoms with Crippen molar-refractivity contribution in [1.82, 2.24) is 4.57 Å². The number of halogens is 4. The Labute approximate surface area is 234 Å². The topological polar surface area (TPSA) is 96.2 Å². The summed E-state index contributed by atoms with van der Waals surface area (Å²) in [4.78, 5) is 41.6. The van der Waals surface area contributed by atoms with Gasteiger partial charge in [0, 0.05) is 5.02 Å². The lowest BCUT2D eigenvalue weighted by Crippen LogP contribution is -2.41. The molecule has 3 aromatic rings. The third-order valence-electron chi connectivity index (χ3n) is 5.60. The van der Waals surface area contributed by atoms with Crippen LogP contribution >= 0.6 is 22.9 Å². The van der Waals surface area contributed by atoms with E-state index in [1.807, 2.05) is 0 Å². The lowest BCUT2D eigenvalue weighted by atomic mass is 9.95. The van der Waals surface area contributed by atoms with Crippen LogP contribution in [0.5, 0.6) is 5.75 Å². The summed E-state index contributed by atoms with van der Waals surface area (Å²) in [6, 6.07) is 10.7. The van der Waals surface area contributed by atoms with Crippen molar-refractivity contribution in [2.24, 2.45) is 4.99 Å². The molecule has 1 atom stereocenters. The number of alkyl halides is 3. The summed E-state index contributed by atoms with van der Waals surface area (Å²) in [7, 11) is 0. The monoisotopic (exact) mass is 594 g/mol. The number of esters is 2. The molecule has 40 heavy (non-hydrogen) atoms. The molecule has 210 valence electrons. The van der Waals surface area contributed by atoms with Crippen molar-refractivity contribution in [3.8, 4) is 5.75 Å². The minimum atomic E-state index is -5.01. The number of hydrogen-bond donors (Lipinski definition) is 0. The quantitative estimate of drug-likeness (QED) is 0.367. The Balaban J connectivity index is 1.87. The molecule has 0 radical (unpaired) electrons. The highest BCUT2D eigenvalue weighted by Crippen LogP contribution is 2.38. The SMILES string of the molecule is CCOC(=O)COc1cccc(/C=c2\sc3n(c2=O)[C@H](c2ccc(Cl)cc2)C(C(=O)OCC)=C(C(F)(F)F)N=3)c1. The third-order valence-corrected chi connectivity index (χ3v) is 6.83. The summed E-state index contributed by atoms with van der Waals surface area (Å²) in [5.41, 5.74) is -2.20. The maximum atomic E-state index is 14.2. The van der Waals surface area contributed by atoms with E-state index in [9.17, 15) is 27.6 Å². The first-order chi connectivity index (χ1) is 19.0. The van der Waals surface area contributed by atoms with Crippen LogP contribution in [0.2, 0.25) is 5.02 Å². The zero-order valence-corrected chi connectivity index (χ0v) is 22.7. The number of nitrogens with zero attached hydrogens (tertiary/aromatic N) is 2. The van der Waals surface area contributed by atoms with Crippen molar-refractivity contribution in [3.05, 3.63) is 95.6 Å². The fraction of sp³-hybridized carbons (Fsp3) is 0.259. The minimum Gasteiger partial charge on any atom is -0.482 e. The van der Waals surface area contributed by atoms with E-state index in [4.69, 9.17) is 25.8 Å². The van der Waals surface area contributed by atoms with Gasteiger partial charge in [-0.15, -0.1) is 0 Å². The van der Waals surface area contributed by atoms with Crippen molar-refractivity contribution in [1.29, 1.82) is 0 Å². The van der Waals surface area contributed by atoms with E-state index in [0.29, 0.717) is 16.3 Å². The van der Waals surface area contributed by atoms with Crippen LogP contribution in [-0.2, 0) is 19.1 Å². The van der Waals surface area contributed by atoms with E-state index in [2.05, 4.69) is 4.99 Å². The van der Waals surface area contributed by atoms with Gasteiger partial charge in [-0.1, -0.05) is 47.2 Å². The van der Waals surface area contributed by atoms with Gasteiger partial charge in [0.25, 0.3) is 5.56 Å². The number of hydrogen-bond acceptors (Lipinski definition) is 8. The smallest absolute Gasteiger partial charge is 0.434 e. The fourth-order valence-corrected chi connectivity index (χ4v) is 5.12. The molecule has 13 heteroatoms. The lowest BCUT2D eigenvalue weighted by Gasteiger charge is -2.26. The van der Waals surface area contributed by atoms with Crippen molar-refractivity contribution >= 4 is 41.0 Å². The van der Waals surface area contributed by atoms with Gasteiger partial charge in [0.15, 0.2) is 17.1 Å². The number of carbonyl (C=O) groups excluding carboxylic acids is 2. The van der Waals surface area contributed by atoms with E-state index < -0.39 is 41.0 Å². The number of thiazole rings is 1. The highest BCUT2D eigenvalue weighted by atomic mass is 35.5.